The Hall–Kier alpha value is -0.0900. The van der Waals surface area contributed by atoms with E-state index in [-0.39, 0.29) is 4.66 Å². The number of alkyl halides is 1. The molecule has 0 unspecified atom stereocenters. The maximum atomic E-state index is 11.0. The fourth-order valence-corrected chi connectivity index (χ4v) is 1.75. The smallest absolute Gasteiger partial charge is 0.181 e. The van der Waals surface area contributed by atoms with Crippen molar-refractivity contribution in [3.05, 3.63) is 23.6 Å². The van der Waals surface area contributed by atoms with Crippen LogP contribution in [0.25, 0.3) is 0 Å². The van der Waals surface area contributed by atoms with Crippen LogP contribution in [0.3, 0.4) is 0 Å². The SMILES string of the molecule is CCCCC/C=C/C=C/S(=O)(=O)CBr. The van der Waals surface area contributed by atoms with Crippen LogP contribution in [0.1, 0.15) is 32.6 Å². The van der Waals surface area contributed by atoms with Crippen molar-refractivity contribution in [3.8, 4) is 0 Å². The molecule has 0 spiro atoms. The van der Waals surface area contributed by atoms with E-state index in [0.29, 0.717) is 0 Å². The van der Waals surface area contributed by atoms with Crippen LogP contribution in [-0.2, 0) is 9.84 Å². The summed E-state index contributed by atoms with van der Waals surface area (Å²) in [5.74, 6) is 0. The van der Waals surface area contributed by atoms with Crippen LogP contribution >= 0.6 is 15.9 Å². The average Bonchev–Trinajstić information content (AvgIpc) is 2.16. The first-order valence-corrected chi connectivity index (χ1v) is 7.58. The second kappa shape index (κ2) is 8.24. The molecule has 0 fully saturated rings. The molecule has 0 aliphatic rings. The van der Waals surface area contributed by atoms with Gasteiger partial charge in [0.1, 0.15) is 4.66 Å². The zero-order valence-corrected chi connectivity index (χ0v) is 10.9. The van der Waals surface area contributed by atoms with Crippen molar-refractivity contribution in [1.29, 1.82) is 0 Å². The molecule has 0 aromatic carbocycles. The number of rotatable bonds is 7. The lowest BCUT2D eigenvalue weighted by Crippen LogP contribution is -1.93. The van der Waals surface area contributed by atoms with Gasteiger partial charge in [-0.2, -0.15) is 0 Å². The van der Waals surface area contributed by atoms with Crippen molar-refractivity contribution >= 4 is 25.8 Å². The molecule has 0 aliphatic carbocycles. The fourth-order valence-electron chi connectivity index (χ4n) is 0.888. The van der Waals surface area contributed by atoms with E-state index in [4.69, 9.17) is 0 Å². The van der Waals surface area contributed by atoms with Gasteiger partial charge in [-0.3, -0.25) is 0 Å². The maximum absolute atomic E-state index is 11.0. The van der Waals surface area contributed by atoms with E-state index < -0.39 is 9.84 Å². The molecule has 0 rings (SSSR count). The summed E-state index contributed by atoms with van der Waals surface area (Å²) in [7, 11) is -3.03. The van der Waals surface area contributed by atoms with Gasteiger partial charge in [-0.1, -0.05) is 53.9 Å². The minimum atomic E-state index is -3.03. The molecule has 0 amide bonds. The van der Waals surface area contributed by atoms with Gasteiger partial charge in [-0.05, 0) is 12.8 Å². The Balaban J connectivity index is 3.71. The number of allylic oxidation sites excluding steroid dienone is 3. The van der Waals surface area contributed by atoms with Crippen LogP contribution in [0.5, 0.6) is 0 Å². The van der Waals surface area contributed by atoms with E-state index in [9.17, 15) is 8.42 Å². The number of hydrogen-bond donors (Lipinski definition) is 0. The summed E-state index contributed by atoms with van der Waals surface area (Å²) in [4.78, 5) is 0. The summed E-state index contributed by atoms with van der Waals surface area (Å²) >= 11 is 2.91. The number of hydrogen-bond acceptors (Lipinski definition) is 2. The molecule has 0 aromatic rings. The molecule has 0 atom stereocenters. The van der Waals surface area contributed by atoms with Gasteiger partial charge in [0, 0.05) is 5.41 Å². The Morgan fingerprint density at radius 3 is 2.50 bits per heavy atom. The van der Waals surface area contributed by atoms with Crippen LogP contribution in [-0.4, -0.2) is 13.1 Å². The summed E-state index contributed by atoms with van der Waals surface area (Å²) in [6.45, 7) is 2.16. The molecule has 14 heavy (non-hydrogen) atoms. The minimum absolute atomic E-state index is 0.0137. The van der Waals surface area contributed by atoms with Crippen molar-refractivity contribution in [1.82, 2.24) is 0 Å². The summed E-state index contributed by atoms with van der Waals surface area (Å²) in [6, 6.07) is 0. The summed E-state index contributed by atoms with van der Waals surface area (Å²) < 4.78 is 21.9. The van der Waals surface area contributed by atoms with Crippen LogP contribution in [0.2, 0.25) is 0 Å². The third-order valence-corrected chi connectivity index (χ3v) is 4.45. The lowest BCUT2D eigenvalue weighted by Gasteiger charge is -1.90. The first-order valence-electron chi connectivity index (χ1n) is 4.74. The number of sulfone groups is 1. The molecule has 0 saturated heterocycles. The molecule has 0 aromatic heterocycles. The van der Waals surface area contributed by atoms with Gasteiger partial charge >= 0.3 is 0 Å². The summed E-state index contributed by atoms with van der Waals surface area (Å²) in [6.07, 6.45) is 9.99. The normalized spacial score (nSPS) is 13.0. The predicted octanol–water partition coefficient (Wildman–Crippen LogP) is 3.40. The van der Waals surface area contributed by atoms with Crippen molar-refractivity contribution < 1.29 is 8.42 Å². The Bertz CT molecular complexity index is 278. The third kappa shape index (κ3) is 8.51. The zero-order chi connectivity index (χ0) is 10.9. The Morgan fingerprint density at radius 1 is 1.21 bits per heavy atom. The van der Waals surface area contributed by atoms with Gasteiger partial charge in [0.2, 0.25) is 0 Å². The molecular weight excluding hydrogens is 264 g/mol. The molecule has 0 saturated carbocycles. The minimum Gasteiger partial charge on any atom is -0.223 e. The van der Waals surface area contributed by atoms with E-state index in [1.165, 1.54) is 24.7 Å². The molecule has 0 bridgehead atoms. The monoisotopic (exact) mass is 280 g/mol. The summed E-state index contributed by atoms with van der Waals surface area (Å²) in [5.41, 5.74) is 0. The van der Waals surface area contributed by atoms with Gasteiger partial charge < -0.3 is 0 Å². The van der Waals surface area contributed by atoms with Crippen LogP contribution in [0.4, 0.5) is 0 Å². The highest BCUT2D eigenvalue weighted by Crippen LogP contribution is 2.01. The molecule has 0 aliphatic heterocycles. The van der Waals surface area contributed by atoms with Gasteiger partial charge in [-0.25, -0.2) is 8.42 Å². The van der Waals surface area contributed by atoms with Crippen molar-refractivity contribution in [3.63, 3.8) is 0 Å². The van der Waals surface area contributed by atoms with Crippen LogP contribution in [0, 0.1) is 0 Å². The Morgan fingerprint density at radius 2 is 1.93 bits per heavy atom. The lowest BCUT2D eigenvalue weighted by molar-refractivity contribution is 0.609. The van der Waals surface area contributed by atoms with Gasteiger partial charge in [-0.15, -0.1) is 0 Å². The van der Waals surface area contributed by atoms with Crippen LogP contribution < -0.4 is 0 Å². The molecule has 0 N–H and O–H groups in total. The van der Waals surface area contributed by atoms with Crippen molar-refractivity contribution in [2.45, 2.75) is 32.6 Å². The van der Waals surface area contributed by atoms with E-state index in [1.807, 2.05) is 6.08 Å². The third-order valence-electron chi connectivity index (χ3n) is 1.66. The van der Waals surface area contributed by atoms with E-state index in [2.05, 4.69) is 22.9 Å². The highest BCUT2D eigenvalue weighted by Gasteiger charge is 1.99. The summed E-state index contributed by atoms with van der Waals surface area (Å²) in [5, 5.41) is 1.22. The van der Waals surface area contributed by atoms with Crippen molar-refractivity contribution in [2.24, 2.45) is 0 Å². The molecular formula is C10H17BrO2S. The Labute approximate surface area is 95.1 Å². The predicted molar refractivity (Wildman–Crippen MR) is 65.1 cm³/mol. The zero-order valence-electron chi connectivity index (χ0n) is 8.45. The maximum Gasteiger partial charge on any atom is 0.181 e. The van der Waals surface area contributed by atoms with Gasteiger partial charge in [0.05, 0.1) is 0 Å². The Kier molecular flexibility index (Phi) is 8.18. The first kappa shape index (κ1) is 13.9. The quantitative estimate of drug-likeness (QED) is 0.407. The number of unbranched alkanes of at least 4 members (excludes halogenated alkanes) is 3. The standard InChI is InChI=1S/C10H17BrO2S/c1-2-3-4-5-6-7-8-9-14(12,13)10-11/h6-9H,2-5,10H2,1H3/b7-6+,9-8+. The molecule has 82 valence electrons. The largest absolute Gasteiger partial charge is 0.223 e. The fraction of sp³-hybridized carbons (Fsp3) is 0.600. The molecule has 0 radical (unpaired) electrons. The van der Waals surface area contributed by atoms with E-state index in [1.54, 1.807) is 12.2 Å². The second-order valence-corrected chi connectivity index (χ2v) is 6.21. The van der Waals surface area contributed by atoms with Crippen LogP contribution in [0.15, 0.2) is 23.6 Å². The van der Waals surface area contributed by atoms with Gasteiger partial charge in [0.25, 0.3) is 0 Å². The van der Waals surface area contributed by atoms with Crippen molar-refractivity contribution in [2.75, 3.05) is 4.66 Å². The second-order valence-electron chi connectivity index (χ2n) is 3.02. The molecule has 0 heterocycles. The first-order chi connectivity index (χ1) is 6.62. The highest BCUT2D eigenvalue weighted by molar-refractivity contribution is 9.10. The molecule has 2 nitrogen and oxygen atoms in total. The lowest BCUT2D eigenvalue weighted by atomic mass is 10.2. The average molecular weight is 281 g/mol. The topological polar surface area (TPSA) is 34.1 Å². The van der Waals surface area contributed by atoms with E-state index >= 15 is 0 Å². The number of halogens is 1. The highest BCUT2D eigenvalue weighted by atomic mass is 79.9. The molecule has 4 heteroatoms. The van der Waals surface area contributed by atoms with E-state index in [0.717, 1.165) is 6.42 Å². The van der Waals surface area contributed by atoms with Gasteiger partial charge in [0.15, 0.2) is 9.84 Å².